The number of hydrogen-bond acceptors (Lipinski definition) is 7. The maximum absolute atomic E-state index is 12.0. The summed E-state index contributed by atoms with van der Waals surface area (Å²) in [5, 5.41) is 3.48. The van der Waals surface area contributed by atoms with E-state index in [2.05, 4.69) is 15.3 Å². The molecule has 2 aromatic rings. The summed E-state index contributed by atoms with van der Waals surface area (Å²) < 4.78 is 10.2. The van der Waals surface area contributed by atoms with Gasteiger partial charge in [0.15, 0.2) is 0 Å². The SMILES string of the molecule is COc1ccc2cnc(NC(=O)C=CCN3CC(=O)O[C@H](C)C3)nc2c1. The first-order valence-corrected chi connectivity index (χ1v) is 8.23. The molecular formula is C18H20N4O4. The highest BCUT2D eigenvalue weighted by atomic mass is 16.5. The van der Waals surface area contributed by atoms with E-state index < -0.39 is 0 Å². The predicted molar refractivity (Wildman–Crippen MR) is 95.9 cm³/mol. The first kappa shape index (κ1) is 17.8. The molecule has 1 amide bonds. The number of aromatic nitrogens is 2. The van der Waals surface area contributed by atoms with Crippen molar-refractivity contribution in [3.63, 3.8) is 0 Å². The molecule has 0 radical (unpaired) electrons. The molecule has 2 heterocycles. The van der Waals surface area contributed by atoms with Gasteiger partial charge in [-0.3, -0.25) is 19.8 Å². The number of nitrogens with zero attached hydrogens (tertiary/aromatic N) is 3. The minimum absolute atomic E-state index is 0.138. The van der Waals surface area contributed by atoms with Crippen LogP contribution in [-0.4, -0.2) is 59.6 Å². The van der Waals surface area contributed by atoms with E-state index >= 15 is 0 Å². The summed E-state index contributed by atoms with van der Waals surface area (Å²) in [4.78, 5) is 33.8. The molecule has 1 aliphatic heterocycles. The van der Waals surface area contributed by atoms with Crippen molar-refractivity contribution in [2.45, 2.75) is 13.0 Å². The van der Waals surface area contributed by atoms with Gasteiger partial charge < -0.3 is 9.47 Å². The summed E-state index contributed by atoms with van der Waals surface area (Å²) in [5.74, 6) is 0.319. The van der Waals surface area contributed by atoms with Gasteiger partial charge in [-0.2, -0.15) is 0 Å². The van der Waals surface area contributed by atoms with Crippen LogP contribution in [0.5, 0.6) is 5.75 Å². The van der Waals surface area contributed by atoms with Crippen molar-refractivity contribution < 1.29 is 19.1 Å². The zero-order chi connectivity index (χ0) is 18.5. The summed E-state index contributed by atoms with van der Waals surface area (Å²) >= 11 is 0. The third kappa shape index (κ3) is 4.54. The Morgan fingerprint density at radius 3 is 3.12 bits per heavy atom. The Kier molecular flexibility index (Phi) is 5.43. The van der Waals surface area contributed by atoms with E-state index in [9.17, 15) is 9.59 Å². The molecule has 3 rings (SSSR count). The lowest BCUT2D eigenvalue weighted by Gasteiger charge is -2.29. The minimum Gasteiger partial charge on any atom is -0.497 e. The number of methoxy groups -OCH3 is 1. The lowest BCUT2D eigenvalue weighted by atomic mass is 10.2. The quantitative estimate of drug-likeness (QED) is 0.639. The molecule has 1 aromatic heterocycles. The first-order valence-electron chi connectivity index (χ1n) is 8.23. The summed E-state index contributed by atoms with van der Waals surface area (Å²) in [7, 11) is 1.58. The molecule has 1 aliphatic rings. The van der Waals surface area contributed by atoms with E-state index in [1.54, 1.807) is 25.4 Å². The Morgan fingerprint density at radius 2 is 2.35 bits per heavy atom. The fourth-order valence-electron chi connectivity index (χ4n) is 2.70. The molecule has 26 heavy (non-hydrogen) atoms. The minimum atomic E-state index is -0.333. The number of carbonyl (C=O) groups is 2. The van der Waals surface area contributed by atoms with E-state index in [0.717, 1.165) is 5.39 Å². The monoisotopic (exact) mass is 356 g/mol. The topological polar surface area (TPSA) is 93.7 Å². The molecule has 136 valence electrons. The zero-order valence-electron chi connectivity index (χ0n) is 14.6. The number of nitrogens with one attached hydrogen (secondary N) is 1. The second-order valence-electron chi connectivity index (χ2n) is 6.00. The number of ether oxygens (including phenoxy) is 2. The van der Waals surface area contributed by atoms with E-state index in [1.807, 2.05) is 24.0 Å². The van der Waals surface area contributed by atoms with Crippen LogP contribution in [0.25, 0.3) is 10.9 Å². The van der Waals surface area contributed by atoms with Crippen molar-refractivity contribution in [3.8, 4) is 5.75 Å². The van der Waals surface area contributed by atoms with Crippen LogP contribution in [0, 0.1) is 0 Å². The number of benzene rings is 1. The van der Waals surface area contributed by atoms with Crippen LogP contribution in [0.3, 0.4) is 0 Å². The molecule has 1 atom stereocenters. The average Bonchev–Trinajstić information content (AvgIpc) is 2.60. The van der Waals surface area contributed by atoms with Gasteiger partial charge in [0.2, 0.25) is 11.9 Å². The van der Waals surface area contributed by atoms with Crippen molar-refractivity contribution in [2.24, 2.45) is 0 Å². The smallest absolute Gasteiger partial charge is 0.320 e. The van der Waals surface area contributed by atoms with E-state index in [1.165, 1.54) is 6.08 Å². The van der Waals surface area contributed by atoms with Crippen molar-refractivity contribution >= 4 is 28.7 Å². The van der Waals surface area contributed by atoms with Crippen molar-refractivity contribution in [1.29, 1.82) is 0 Å². The Hall–Kier alpha value is -3.00. The lowest BCUT2D eigenvalue weighted by Crippen LogP contribution is -2.44. The fraction of sp³-hybridized carbons (Fsp3) is 0.333. The largest absolute Gasteiger partial charge is 0.497 e. The van der Waals surface area contributed by atoms with Crippen molar-refractivity contribution in [3.05, 3.63) is 36.5 Å². The number of esters is 1. The van der Waals surface area contributed by atoms with E-state index in [-0.39, 0.29) is 30.5 Å². The van der Waals surface area contributed by atoms with E-state index in [4.69, 9.17) is 9.47 Å². The van der Waals surface area contributed by atoms with Crippen LogP contribution in [0.1, 0.15) is 6.92 Å². The zero-order valence-corrected chi connectivity index (χ0v) is 14.6. The van der Waals surface area contributed by atoms with Gasteiger partial charge in [0.1, 0.15) is 11.9 Å². The van der Waals surface area contributed by atoms with Gasteiger partial charge in [-0.05, 0) is 19.1 Å². The van der Waals surface area contributed by atoms with Gasteiger partial charge in [-0.15, -0.1) is 0 Å². The predicted octanol–water partition coefficient (Wildman–Crippen LogP) is 1.38. The summed E-state index contributed by atoms with van der Waals surface area (Å²) in [6.45, 7) is 3.20. The number of carbonyl (C=O) groups excluding carboxylic acids is 2. The number of amides is 1. The fourth-order valence-corrected chi connectivity index (χ4v) is 2.70. The first-order chi connectivity index (χ1) is 12.5. The Labute approximate surface area is 150 Å². The molecule has 1 aromatic carbocycles. The second-order valence-corrected chi connectivity index (χ2v) is 6.00. The number of fused-ring (bicyclic) bond motifs is 1. The Morgan fingerprint density at radius 1 is 1.50 bits per heavy atom. The van der Waals surface area contributed by atoms with Crippen LogP contribution >= 0.6 is 0 Å². The highest BCUT2D eigenvalue weighted by molar-refractivity contribution is 5.98. The molecule has 8 heteroatoms. The Bertz CT molecular complexity index is 852. The lowest BCUT2D eigenvalue weighted by molar-refractivity contribution is -0.156. The van der Waals surface area contributed by atoms with Crippen LogP contribution in [0.15, 0.2) is 36.5 Å². The average molecular weight is 356 g/mol. The van der Waals surface area contributed by atoms with Gasteiger partial charge >= 0.3 is 5.97 Å². The number of morpholine rings is 1. The van der Waals surface area contributed by atoms with Crippen molar-refractivity contribution in [1.82, 2.24) is 14.9 Å². The molecule has 0 unspecified atom stereocenters. The number of anilines is 1. The maximum Gasteiger partial charge on any atom is 0.320 e. The molecule has 0 spiro atoms. The van der Waals surface area contributed by atoms with Crippen LogP contribution < -0.4 is 10.1 Å². The van der Waals surface area contributed by atoms with Gasteiger partial charge in [-0.25, -0.2) is 9.97 Å². The normalized spacial score (nSPS) is 18.1. The second kappa shape index (κ2) is 7.92. The van der Waals surface area contributed by atoms with E-state index in [0.29, 0.717) is 24.4 Å². The number of hydrogen-bond donors (Lipinski definition) is 1. The molecule has 0 aliphatic carbocycles. The van der Waals surface area contributed by atoms with Crippen LogP contribution in [0.4, 0.5) is 5.95 Å². The third-order valence-electron chi connectivity index (χ3n) is 3.86. The van der Waals surface area contributed by atoms with Gasteiger partial charge in [0, 0.05) is 36.8 Å². The molecule has 1 fully saturated rings. The molecule has 8 nitrogen and oxygen atoms in total. The standard InChI is InChI=1S/C18H20N4O4/c1-12-10-22(11-17(24)26-12)7-3-4-16(23)21-18-19-9-13-5-6-14(25-2)8-15(13)20-18/h3-6,8-9,12H,7,10-11H2,1-2H3,(H,19,20,21,23)/t12-/m1/s1. The molecular weight excluding hydrogens is 336 g/mol. The van der Waals surface area contributed by atoms with Gasteiger partial charge in [0.25, 0.3) is 0 Å². The van der Waals surface area contributed by atoms with Gasteiger partial charge in [0.05, 0.1) is 19.2 Å². The van der Waals surface area contributed by atoms with Crippen LogP contribution in [0.2, 0.25) is 0 Å². The van der Waals surface area contributed by atoms with Crippen LogP contribution in [-0.2, 0) is 14.3 Å². The summed E-state index contributed by atoms with van der Waals surface area (Å²) in [6.07, 6.45) is 4.61. The summed E-state index contributed by atoms with van der Waals surface area (Å²) in [6, 6.07) is 5.45. The van der Waals surface area contributed by atoms with Gasteiger partial charge in [-0.1, -0.05) is 6.08 Å². The molecule has 1 N–H and O–H groups in total. The summed E-state index contributed by atoms with van der Waals surface area (Å²) in [5.41, 5.74) is 0.680. The third-order valence-corrected chi connectivity index (χ3v) is 3.86. The number of rotatable bonds is 5. The highest BCUT2D eigenvalue weighted by Gasteiger charge is 2.22. The molecule has 1 saturated heterocycles. The Balaban J connectivity index is 1.59. The molecule has 0 bridgehead atoms. The number of cyclic esters (lactones) is 1. The molecule has 0 saturated carbocycles. The van der Waals surface area contributed by atoms with Crippen molar-refractivity contribution in [2.75, 3.05) is 32.1 Å². The maximum atomic E-state index is 12.0. The highest BCUT2D eigenvalue weighted by Crippen LogP contribution is 2.19.